The Kier molecular flexibility index (Phi) is 18.6. The van der Waals surface area contributed by atoms with Crippen molar-refractivity contribution in [2.24, 2.45) is 5.73 Å². The summed E-state index contributed by atoms with van der Waals surface area (Å²) in [5.74, 6) is 0.0304. The molecule has 24 heavy (non-hydrogen) atoms. The van der Waals surface area contributed by atoms with Crippen LogP contribution in [0.3, 0.4) is 0 Å². The average molecular weight is 338 g/mol. The van der Waals surface area contributed by atoms with Gasteiger partial charge >= 0.3 is 0 Å². The highest BCUT2D eigenvalue weighted by Gasteiger charge is 2.04. The molecule has 0 saturated heterocycles. The molecule has 1 amide bonds. The minimum atomic E-state index is 0.0304. The largest absolute Gasteiger partial charge is 0.352 e. The van der Waals surface area contributed by atoms with Gasteiger partial charge in [-0.05, 0) is 58.1 Å². The van der Waals surface area contributed by atoms with Gasteiger partial charge in [-0.25, -0.2) is 0 Å². The molecule has 1 aromatic rings. The van der Waals surface area contributed by atoms with E-state index in [1.165, 1.54) is 5.56 Å². The van der Waals surface area contributed by atoms with Crippen molar-refractivity contribution < 1.29 is 4.79 Å². The zero-order valence-electron chi connectivity index (χ0n) is 16.7. The minimum Gasteiger partial charge on any atom is -0.352 e. The first-order chi connectivity index (χ1) is 11.6. The molecule has 0 fully saturated rings. The summed E-state index contributed by atoms with van der Waals surface area (Å²) >= 11 is 0. The molecule has 0 unspecified atom stereocenters. The fraction of sp³-hybridized carbons (Fsp3) is 0.650. The van der Waals surface area contributed by atoms with Gasteiger partial charge in [-0.1, -0.05) is 52.3 Å². The molecule has 0 aliphatic carbocycles. The number of rotatable bonds is 8. The summed E-state index contributed by atoms with van der Waals surface area (Å²) < 4.78 is 0. The molecule has 0 saturated carbocycles. The summed E-state index contributed by atoms with van der Waals surface area (Å²) in [6, 6.07) is 7.69. The molecule has 4 nitrogen and oxygen atoms in total. The topological polar surface area (TPSA) is 58.4 Å². The van der Waals surface area contributed by atoms with Crippen molar-refractivity contribution in [2.45, 2.75) is 54.4 Å². The molecule has 140 valence electrons. The van der Waals surface area contributed by atoms with Gasteiger partial charge in [-0.3, -0.25) is 4.79 Å². The molecule has 0 spiro atoms. The maximum absolute atomic E-state index is 11.8. The number of benzene rings is 1. The number of aryl methyl sites for hydroxylation is 1. The lowest BCUT2D eigenvalue weighted by Crippen LogP contribution is -2.27. The molecular formula is C20H39N3O. The van der Waals surface area contributed by atoms with Gasteiger partial charge in [0.2, 0.25) is 0 Å². The Balaban J connectivity index is 0. The SMILES string of the molecule is CC.CCN.CCN(CC)CCCCNC(=O)c1ccc(C)cc1. The fourth-order valence-electron chi connectivity index (χ4n) is 2.01. The van der Waals surface area contributed by atoms with Crippen LogP contribution in [0.4, 0.5) is 0 Å². The van der Waals surface area contributed by atoms with Gasteiger partial charge in [0.1, 0.15) is 0 Å². The number of nitrogens with one attached hydrogen (secondary N) is 1. The molecule has 0 bridgehead atoms. The smallest absolute Gasteiger partial charge is 0.251 e. The highest BCUT2D eigenvalue weighted by Crippen LogP contribution is 2.03. The predicted octanol–water partition coefficient (Wildman–Crippen LogP) is 3.84. The zero-order chi connectivity index (χ0) is 18.8. The van der Waals surface area contributed by atoms with E-state index in [-0.39, 0.29) is 5.91 Å². The maximum Gasteiger partial charge on any atom is 0.251 e. The van der Waals surface area contributed by atoms with Crippen LogP contribution in [0.25, 0.3) is 0 Å². The molecule has 1 aromatic carbocycles. The van der Waals surface area contributed by atoms with Gasteiger partial charge in [-0.15, -0.1) is 0 Å². The quantitative estimate of drug-likeness (QED) is 0.709. The summed E-state index contributed by atoms with van der Waals surface area (Å²) in [4.78, 5) is 14.2. The Morgan fingerprint density at radius 2 is 1.54 bits per heavy atom. The first-order valence-corrected chi connectivity index (χ1v) is 9.36. The first kappa shape index (κ1) is 24.9. The van der Waals surface area contributed by atoms with E-state index in [2.05, 4.69) is 24.1 Å². The lowest BCUT2D eigenvalue weighted by Gasteiger charge is -2.17. The van der Waals surface area contributed by atoms with Crippen molar-refractivity contribution in [1.29, 1.82) is 0 Å². The molecule has 0 radical (unpaired) electrons. The van der Waals surface area contributed by atoms with Gasteiger partial charge in [0, 0.05) is 12.1 Å². The third-order valence-electron chi connectivity index (χ3n) is 3.39. The van der Waals surface area contributed by atoms with E-state index < -0.39 is 0 Å². The van der Waals surface area contributed by atoms with Crippen LogP contribution in [0.5, 0.6) is 0 Å². The fourth-order valence-corrected chi connectivity index (χ4v) is 2.01. The monoisotopic (exact) mass is 337 g/mol. The van der Waals surface area contributed by atoms with Crippen molar-refractivity contribution in [3.8, 4) is 0 Å². The van der Waals surface area contributed by atoms with Gasteiger partial charge in [-0.2, -0.15) is 0 Å². The summed E-state index contributed by atoms with van der Waals surface area (Å²) in [5, 5.41) is 2.97. The van der Waals surface area contributed by atoms with Gasteiger partial charge in [0.15, 0.2) is 0 Å². The molecule has 1 rings (SSSR count). The number of hydrogen-bond acceptors (Lipinski definition) is 3. The predicted molar refractivity (Wildman–Crippen MR) is 107 cm³/mol. The van der Waals surface area contributed by atoms with Crippen LogP contribution in [0.2, 0.25) is 0 Å². The number of nitrogens with two attached hydrogens (primary N) is 1. The summed E-state index contributed by atoms with van der Waals surface area (Å²) in [6.45, 7) is 17.1. The molecule has 4 heteroatoms. The lowest BCUT2D eigenvalue weighted by atomic mass is 10.1. The normalized spacial score (nSPS) is 9.50. The van der Waals surface area contributed by atoms with Crippen molar-refractivity contribution in [3.63, 3.8) is 0 Å². The molecule has 0 aliphatic rings. The van der Waals surface area contributed by atoms with Crippen LogP contribution in [-0.4, -0.2) is 43.5 Å². The number of unbranched alkanes of at least 4 members (excludes halogenated alkanes) is 1. The number of hydrogen-bond donors (Lipinski definition) is 2. The van der Waals surface area contributed by atoms with E-state index in [0.717, 1.165) is 51.1 Å². The second-order valence-corrected chi connectivity index (χ2v) is 5.26. The highest BCUT2D eigenvalue weighted by atomic mass is 16.1. The van der Waals surface area contributed by atoms with E-state index in [1.54, 1.807) is 0 Å². The van der Waals surface area contributed by atoms with Gasteiger partial charge in [0.05, 0.1) is 0 Å². The Bertz CT molecular complexity index is 386. The van der Waals surface area contributed by atoms with Crippen LogP contribution in [0, 0.1) is 6.92 Å². The Labute approximate surface area is 149 Å². The molecule has 3 N–H and O–H groups in total. The van der Waals surface area contributed by atoms with Gasteiger partial charge < -0.3 is 16.0 Å². The molecule has 0 atom stereocenters. The van der Waals surface area contributed by atoms with Crippen molar-refractivity contribution in [1.82, 2.24) is 10.2 Å². The van der Waals surface area contributed by atoms with E-state index >= 15 is 0 Å². The molecule has 0 aliphatic heterocycles. The van der Waals surface area contributed by atoms with Crippen molar-refractivity contribution >= 4 is 5.91 Å². The minimum absolute atomic E-state index is 0.0304. The van der Waals surface area contributed by atoms with E-state index in [1.807, 2.05) is 52.0 Å². The van der Waals surface area contributed by atoms with Crippen molar-refractivity contribution in [3.05, 3.63) is 35.4 Å². The second kappa shape index (κ2) is 18.0. The van der Waals surface area contributed by atoms with E-state index in [9.17, 15) is 4.79 Å². The zero-order valence-corrected chi connectivity index (χ0v) is 16.7. The number of carbonyl (C=O) groups excluding carboxylic acids is 1. The Morgan fingerprint density at radius 3 is 2.00 bits per heavy atom. The third-order valence-corrected chi connectivity index (χ3v) is 3.39. The van der Waals surface area contributed by atoms with Crippen LogP contribution in [-0.2, 0) is 0 Å². The van der Waals surface area contributed by atoms with Crippen LogP contribution in [0.1, 0.15) is 63.4 Å². The van der Waals surface area contributed by atoms with Crippen LogP contribution < -0.4 is 11.1 Å². The summed E-state index contributed by atoms with van der Waals surface area (Å²) in [5.41, 5.74) is 6.77. The number of carbonyl (C=O) groups is 1. The van der Waals surface area contributed by atoms with E-state index in [0.29, 0.717) is 0 Å². The third kappa shape index (κ3) is 13.1. The summed E-state index contributed by atoms with van der Waals surface area (Å²) in [7, 11) is 0. The average Bonchev–Trinajstić information content (AvgIpc) is 2.61. The number of nitrogens with zero attached hydrogens (tertiary/aromatic N) is 1. The van der Waals surface area contributed by atoms with Crippen LogP contribution in [0.15, 0.2) is 24.3 Å². The first-order valence-electron chi connectivity index (χ1n) is 9.36. The van der Waals surface area contributed by atoms with Gasteiger partial charge in [0.25, 0.3) is 5.91 Å². The number of amides is 1. The highest BCUT2D eigenvalue weighted by molar-refractivity contribution is 5.94. The Morgan fingerprint density at radius 1 is 1.04 bits per heavy atom. The molecular weight excluding hydrogens is 298 g/mol. The standard InChI is InChI=1S/C16H26N2O.C2H7N.C2H6/c1-4-18(5-2)13-7-6-12-17-16(19)15-10-8-14(3)9-11-15;1-2-3;1-2/h8-11H,4-7,12-13H2,1-3H3,(H,17,19);2-3H2,1H3;1-2H3. The van der Waals surface area contributed by atoms with Crippen LogP contribution >= 0.6 is 0 Å². The Hall–Kier alpha value is -1.39. The summed E-state index contributed by atoms with van der Waals surface area (Å²) in [6.07, 6.45) is 2.17. The maximum atomic E-state index is 11.8. The second-order valence-electron chi connectivity index (χ2n) is 5.26. The lowest BCUT2D eigenvalue weighted by molar-refractivity contribution is 0.0952. The molecule has 0 heterocycles. The van der Waals surface area contributed by atoms with Crippen molar-refractivity contribution in [2.75, 3.05) is 32.7 Å². The van der Waals surface area contributed by atoms with E-state index in [4.69, 9.17) is 5.73 Å². The molecule has 0 aromatic heterocycles.